The lowest BCUT2D eigenvalue weighted by atomic mass is 10.0. The average Bonchev–Trinajstić information content (AvgIpc) is 3.21. The van der Waals surface area contributed by atoms with Crippen LogP contribution in [0.25, 0.3) is 0 Å². The van der Waals surface area contributed by atoms with Crippen molar-refractivity contribution in [3.8, 4) is 0 Å². The van der Waals surface area contributed by atoms with Gasteiger partial charge in [-0.25, -0.2) is 4.98 Å². The predicted molar refractivity (Wildman–Crippen MR) is 119 cm³/mol. The number of carbonyl (C=O) groups is 1. The van der Waals surface area contributed by atoms with Crippen LogP contribution < -0.4 is 11.1 Å². The van der Waals surface area contributed by atoms with Gasteiger partial charge < -0.3 is 16.2 Å². The number of benzene rings is 2. The van der Waals surface area contributed by atoms with Gasteiger partial charge >= 0.3 is 0 Å². The molecule has 5 nitrogen and oxygen atoms in total. The lowest BCUT2D eigenvalue weighted by Gasteiger charge is -2.11. The maximum atomic E-state index is 12.1. The van der Waals surface area contributed by atoms with Gasteiger partial charge in [0.05, 0.1) is 23.7 Å². The van der Waals surface area contributed by atoms with Crippen LogP contribution in [0.5, 0.6) is 0 Å². The minimum Gasteiger partial charge on any atom is -0.388 e. The normalized spacial score (nSPS) is 15.4. The van der Waals surface area contributed by atoms with Gasteiger partial charge in [0, 0.05) is 13.8 Å². The number of hydrogen-bond acceptors (Lipinski definition) is 5. The number of aromatic nitrogens is 1. The summed E-state index contributed by atoms with van der Waals surface area (Å²) in [5.41, 5.74) is 7.55. The molecule has 0 bridgehead atoms. The third-order valence-corrected chi connectivity index (χ3v) is 4.89. The van der Waals surface area contributed by atoms with Gasteiger partial charge in [0.2, 0.25) is 5.91 Å². The van der Waals surface area contributed by atoms with Crippen LogP contribution in [0.2, 0.25) is 0 Å². The van der Waals surface area contributed by atoms with Gasteiger partial charge in [0.25, 0.3) is 0 Å². The molecule has 1 aromatic heterocycles. The lowest BCUT2D eigenvalue weighted by molar-refractivity contribution is -0.115. The van der Waals surface area contributed by atoms with Gasteiger partial charge in [-0.05, 0) is 49.4 Å². The first kappa shape index (κ1) is 14.3. The van der Waals surface area contributed by atoms with Crippen LogP contribution in [0.3, 0.4) is 0 Å². The van der Waals surface area contributed by atoms with E-state index in [-0.39, 0.29) is 42.0 Å². The number of rotatable bonds is 9. The molecule has 1 atom stereocenters. The summed E-state index contributed by atoms with van der Waals surface area (Å²) in [7, 11) is 0. The zero-order valence-electron chi connectivity index (χ0n) is 22.1. The summed E-state index contributed by atoms with van der Waals surface area (Å²) in [5, 5.41) is 15.6. The SMILES string of the molecule is [2H]c1c([2H])c([C@@H](O)C([2H])([2H])CCCc2ccc(NC(=O)Cc3csc(N)n3)cc2)c([2H])c([2H])c1C. The second kappa shape index (κ2) is 10.2. The molecule has 0 saturated heterocycles. The Morgan fingerprint density at radius 2 is 2.00 bits per heavy atom. The molecular weight excluding hydrogens is 382 g/mol. The van der Waals surface area contributed by atoms with Crippen LogP contribution in [0, 0.1) is 6.92 Å². The summed E-state index contributed by atoms with van der Waals surface area (Å²) in [6, 6.07) is 5.76. The van der Waals surface area contributed by atoms with Gasteiger partial charge in [0.15, 0.2) is 5.13 Å². The Morgan fingerprint density at radius 3 is 2.66 bits per heavy atom. The highest BCUT2D eigenvalue weighted by Gasteiger charge is 2.08. The molecule has 3 rings (SSSR count). The fraction of sp³-hybridized carbons (Fsp3) is 0.304. The highest BCUT2D eigenvalue weighted by molar-refractivity contribution is 7.13. The molecule has 152 valence electrons. The van der Waals surface area contributed by atoms with E-state index in [1.165, 1.54) is 18.3 Å². The number of nitrogens with one attached hydrogen (secondary N) is 1. The minimum absolute atomic E-state index is 0.0448. The smallest absolute Gasteiger partial charge is 0.230 e. The third kappa shape index (κ3) is 6.69. The van der Waals surface area contributed by atoms with Crippen molar-refractivity contribution in [2.45, 2.75) is 45.1 Å². The quantitative estimate of drug-likeness (QED) is 0.474. The number of hydrogen-bond donors (Lipinski definition) is 3. The van der Waals surface area contributed by atoms with Crippen LogP contribution >= 0.6 is 11.3 Å². The van der Waals surface area contributed by atoms with Crippen molar-refractivity contribution in [2.75, 3.05) is 11.1 Å². The van der Waals surface area contributed by atoms with E-state index >= 15 is 0 Å². The predicted octanol–water partition coefficient (Wildman–Crippen LogP) is 4.66. The molecule has 1 heterocycles. The Kier molecular flexibility index (Phi) is 5.03. The minimum atomic E-state index is -2.15. The van der Waals surface area contributed by atoms with E-state index in [0.717, 1.165) is 5.56 Å². The van der Waals surface area contributed by atoms with E-state index < -0.39 is 24.6 Å². The first-order valence-corrected chi connectivity index (χ1v) is 10.1. The largest absolute Gasteiger partial charge is 0.388 e. The van der Waals surface area contributed by atoms with E-state index in [1.807, 2.05) is 12.1 Å². The van der Waals surface area contributed by atoms with Crippen molar-refractivity contribution in [3.05, 3.63) is 76.2 Å². The number of aryl methyl sites for hydroxylation is 1. The Balaban J connectivity index is 1.57. The zero-order chi connectivity index (χ0) is 25.9. The van der Waals surface area contributed by atoms with Crippen LogP contribution in [-0.2, 0) is 17.6 Å². The molecule has 6 heteroatoms. The van der Waals surface area contributed by atoms with Gasteiger partial charge in [0.1, 0.15) is 0 Å². The lowest BCUT2D eigenvalue weighted by Crippen LogP contribution is -2.14. The van der Waals surface area contributed by atoms with E-state index in [4.69, 9.17) is 14.0 Å². The maximum Gasteiger partial charge on any atom is 0.230 e. The number of nitrogen functional groups attached to an aromatic ring is 1. The first-order valence-electron chi connectivity index (χ1n) is 12.2. The van der Waals surface area contributed by atoms with Crippen molar-refractivity contribution in [1.82, 2.24) is 4.98 Å². The number of anilines is 2. The molecule has 0 unspecified atom stereocenters. The second-order valence-electron chi connectivity index (χ2n) is 6.60. The number of aliphatic hydroxyl groups is 1. The van der Waals surface area contributed by atoms with Crippen LogP contribution in [0.1, 0.15) is 55.9 Å². The number of nitrogens with two attached hydrogens (primary N) is 1. The molecule has 0 aliphatic heterocycles. The molecule has 1 amide bonds. The fourth-order valence-corrected chi connectivity index (χ4v) is 3.25. The van der Waals surface area contributed by atoms with Gasteiger partial charge in [-0.1, -0.05) is 48.3 Å². The molecule has 0 aliphatic carbocycles. The standard InChI is InChI=1S/C23H27N3O2S/c1-16-6-10-18(11-7-16)21(27)5-3-2-4-17-8-12-19(13-9-17)25-22(28)14-20-15-29-23(24)26-20/h6-13,15,21,27H,2-5,14H2,1H3,(H2,24,26)(H,25,28)/t21-/m0/s1/i5D2,6D,7D,10D,11D. The van der Waals surface area contributed by atoms with E-state index in [9.17, 15) is 9.90 Å². The van der Waals surface area contributed by atoms with Crippen molar-refractivity contribution in [2.24, 2.45) is 0 Å². The summed E-state index contributed by atoms with van der Waals surface area (Å²) in [5.74, 6) is -0.212. The summed E-state index contributed by atoms with van der Waals surface area (Å²) >= 11 is 1.28. The van der Waals surface area contributed by atoms with Crippen LogP contribution in [-0.4, -0.2) is 16.0 Å². The molecule has 4 N–H and O–H groups in total. The fourth-order valence-electron chi connectivity index (χ4n) is 2.68. The maximum absolute atomic E-state index is 12.1. The molecule has 0 saturated carbocycles. The van der Waals surface area contributed by atoms with Gasteiger partial charge in [-0.15, -0.1) is 11.3 Å². The first-order chi connectivity index (χ1) is 16.4. The molecule has 0 aliphatic rings. The van der Waals surface area contributed by atoms with Crippen LogP contribution in [0.15, 0.2) is 53.8 Å². The summed E-state index contributed by atoms with van der Waals surface area (Å²) in [4.78, 5) is 16.2. The highest BCUT2D eigenvalue weighted by Crippen LogP contribution is 2.21. The Morgan fingerprint density at radius 1 is 1.28 bits per heavy atom. The topological polar surface area (TPSA) is 88.2 Å². The molecule has 29 heavy (non-hydrogen) atoms. The average molecular weight is 416 g/mol. The van der Waals surface area contributed by atoms with Crippen molar-refractivity contribution in [1.29, 1.82) is 0 Å². The summed E-state index contributed by atoms with van der Waals surface area (Å²) in [6.45, 7) is 1.46. The Labute approximate surface area is 184 Å². The van der Waals surface area contributed by atoms with E-state index in [0.29, 0.717) is 29.4 Å². The molecular formula is C23H27N3O2S. The van der Waals surface area contributed by atoms with Crippen LogP contribution in [0.4, 0.5) is 10.8 Å². The zero-order valence-corrected chi connectivity index (χ0v) is 16.9. The molecule has 3 aromatic rings. The molecule has 0 spiro atoms. The highest BCUT2D eigenvalue weighted by atomic mass is 32.1. The van der Waals surface area contributed by atoms with E-state index in [1.54, 1.807) is 17.5 Å². The summed E-state index contributed by atoms with van der Waals surface area (Å²) < 4.78 is 48.6. The monoisotopic (exact) mass is 415 g/mol. The van der Waals surface area contributed by atoms with Crippen molar-refractivity contribution < 1.29 is 18.1 Å². The number of amides is 1. The Bertz CT molecular complexity index is 1190. The third-order valence-electron chi connectivity index (χ3n) is 4.17. The summed E-state index contributed by atoms with van der Waals surface area (Å²) in [6.07, 6.45) is -2.96. The number of carbonyl (C=O) groups excluding carboxylic acids is 1. The van der Waals surface area contributed by atoms with Gasteiger partial charge in [-0.2, -0.15) is 0 Å². The molecule has 0 fully saturated rings. The molecule has 0 radical (unpaired) electrons. The van der Waals surface area contributed by atoms with Crippen molar-refractivity contribution in [3.63, 3.8) is 0 Å². The molecule has 2 aromatic carbocycles. The Hall–Kier alpha value is -2.70. The second-order valence-corrected chi connectivity index (χ2v) is 7.49. The number of aliphatic hydroxyl groups excluding tert-OH is 1. The van der Waals surface area contributed by atoms with E-state index in [2.05, 4.69) is 10.3 Å². The number of nitrogens with zero attached hydrogens (tertiary/aromatic N) is 1. The van der Waals surface area contributed by atoms with Gasteiger partial charge in [-0.3, -0.25) is 4.79 Å². The number of thiazole rings is 1. The van der Waals surface area contributed by atoms with Crippen molar-refractivity contribution >= 4 is 28.1 Å².